The van der Waals surface area contributed by atoms with Crippen LogP contribution < -0.4 is 4.74 Å². The number of carbonyl (C=O) groups excluding carboxylic acids is 1. The van der Waals surface area contributed by atoms with Crippen LogP contribution in [0, 0.1) is 13.8 Å². The fourth-order valence-electron chi connectivity index (χ4n) is 5.67. The second-order valence-electron chi connectivity index (χ2n) is 11.9. The molecule has 5 rings (SSSR count). The zero-order valence-corrected chi connectivity index (χ0v) is 27.3. The van der Waals surface area contributed by atoms with Crippen molar-refractivity contribution in [2.75, 3.05) is 33.3 Å². The van der Waals surface area contributed by atoms with E-state index in [0.29, 0.717) is 30.5 Å². The van der Waals surface area contributed by atoms with Crippen molar-refractivity contribution in [3.8, 4) is 16.9 Å². The Balaban J connectivity index is 0.000000242. The molecule has 2 aromatic carbocycles. The Morgan fingerprint density at radius 2 is 1.58 bits per heavy atom. The third-order valence-electron chi connectivity index (χ3n) is 8.14. The molecule has 0 bridgehead atoms. The lowest BCUT2D eigenvalue weighted by Crippen LogP contribution is -2.61. The number of aryl methyl sites for hydroxylation is 2. The van der Waals surface area contributed by atoms with Crippen LogP contribution >= 0.6 is 0 Å². The van der Waals surface area contributed by atoms with E-state index in [1.165, 1.54) is 11.1 Å². The van der Waals surface area contributed by atoms with Gasteiger partial charge in [-0.05, 0) is 67.3 Å². The van der Waals surface area contributed by atoms with E-state index in [4.69, 9.17) is 9.26 Å². The highest BCUT2D eigenvalue weighted by atomic mass is 19.3. The van der Waals surface area contributed by atoms with Gasteiger partial charge in [-0.15, -0.1) is 0 Å². The van der Waals surface area contributed by atoms with E-state index < -0.39 is 5.92 Å². The molecule has 2 fully saturated rings. The average Bonchev–Trinajstić information content (AvgIpc) is 3.33. The second-order valence-corrected chi connectivity index (χ2v) is 11.9. The molecule has 2 aliphatic rings. The molecule has 0 aliphatic carbocycles. The quantitative estimate of drug-likeness (QED) is 0.285. The van der Waals surface area contributed by atoms with Crippen molar-refractivity contribution in [1.82, 2.24) is 15.0 Å². The molecule has 6 nitrogen and oxygen atoms in total. The van der Waals surface area contributed by atoms with Crippen molar-refractivity contribution in [3.63, 3.8) is 0 Å². The van der Waals surface area contributed by atoms with Gasteiger partial charge in [0.1, 0.15) is 11.5 Å². The van der Waals surface area contributed by atoms with E-state index in [0.717, 1.165) is 41.2 Å². The number of piperidine rings is 1. The highest BCUT2D eigenvalue weighted by molar-refractivity contribution is 5.94. The molecule has 0 radical (unpaired) electrons. The fraction of sp³-hybridized carbons (Fsp3) is 0.543. The number of halogens is 2. The number of methoxy groups -OCH3 is 1. The van der Waals surface area contributed by atoms with Gasteiger partial charge in [0.25, 0.3) is 11.8 Å². The maximum Gasteiger partial charge on any atom is 0.272 e. The molecule has 8 heteroatoms. The first-order valence-electron chi connectivity index (χ1n) is 15.5. The average molecular weight is 598 g/mol. The van der Waals surface area contributed by atoms with Crippen molar-refractivity contribution in [2.24, 2.45) is 0 Å². The number of hydrogen-bond acceptors (Lipinski definition) is 5. The van der Waals surface area contributed by atoms with Gasteiger partial charge in [-0.2, -0.15) is 0 Å². The van der Waals surface area contributed by atoms with Gasteiger partial charge < -0.3 is 14.2 Å². The molecule has 3 heterocycles. The number of amides is 1. The van der Waals surface area contributed by atoms with Crippen LogP contribution in [0.3, 0.4) is 0 Å². The molecule has 0 unspecified atom stereocenters. The number of alkyl halides is 2. The number of hydrogen-bond donors (Lipinski definition) is 0. The summed E-state index contributed by atoms with van der Waals surface area (Å²) >= 11 is 0. The van der Waals surface area contributed by atoms with E-state index in [-0.39, 0.29) is 25.0 Å². The maximum absolute atomic E-state index is 13.0. The van der Waals surface area contributed by atoms with Crippen LogP contribution in [-0.4, -0.2) is 66.1 Å². The minimum atomic E-state index is -2.53. The molecule has 2 aliphatic heterocycles. The first-order chi connectivity index (χ1) is 20.4. The van der Waals surface area contributed by atoms with E-state index in [1.807, 2.05) is 49.6 Å². The zero-order chi connectivity index (χ0) is 31.9. The maximum atomic E-state index is 13.0. The van der Waals surface area contributed by atoms with E-state index in [1.54, 1.807) is 13.2 Å². The summed E-state index contributed by atoms with van der Waals surface area (Å²) in [5.74, 6) is -0.0284. The summed E-state index contributed by atoms with van der Waals surface area (Å²) in [4.78, 5) is 16.4. The molecule has 0 saturated carbocycles. The number of nitrogens with zero attached hydrogens (tertiary/aromatic N) is 3. The number of ether oxygens (including phenoxy) is 1. The van der Waals surface area contributed by atoms with Crippen molar-refractivity contribution in [1.29, 1.82) is 0 Å². The highest BCUT2D eigenvalue weighted by Gasteiger charge is 2.47. The molecule has 1 aromatic heterocycles. The van der Waals surface area contributed by atoms with Crippen LogP contribution in [0.1, 0.15) is 99.2 Å². The van der Waals surface area contributed by atoms with E-state index in [9.17, 15) is 13.6 Å². The molecule has 0 atom stereocenters. The first kappa shape index (κ1) is 34.2. The summed E-state index contributed by atoms with van der Waals surface area (Å²) < 4.78 is 36.6. The molecule has 0 spiro atoms. The summed E-state index contributed by atoms with van der Waals surface area (Å²) in [7, 11) is 1.61. The summed E-state index contributed by atoms with van der Waals surface area (Å²) in [6.07, 6.45) is 1.51. The van der Waals surface area contributed by atoms with Crippen LogP contribution in [-0.2, 0) is 0 Å². The lowest BCUT2D eigenvalue weighted by Gasteiger charge is -2.46. The van der Waals surface area contributed by atoms with Gasteiger partial charge in [0.2, 0.25) is 0 Å². The third kappa shape index (κ3) is 8.43. The van der Waals surface area contributed by atoms with Crippen LogP contribution in [0.25, 0.3) is 11.1 Å². The molecular formula is C35H49F2N3O3. The Morgan fingerprint density at radius 1 is 0.977 bits per heavy atom. The Bertz CT molecular complexity index is 1300. The van der Waals surface area contributed by atoms with Crippen LogP contribution in [0.5, 0.6) is 5.75 Å². The van der Waals surface area contributed by atoms with Crippen molar-refractivity contribution in [2.45, 2.75) is 92.0 Å². The normalized spacial score (nSPS) is 16.6. The Hall–Kier alpha value is -3.26. The minimum Gasteiger partial charge on any atom is -0.496 e. The molecule has 1 amide bonds. The van der Waals surface area contributed by atoms with Crippen molar-refractivity contribution < 1.29 is 22.8 Å². The third-order valence-corrected chi connectivity index (χ3v) is 8.14. The highest BCUT2D eigenvalue weighted by Crippen LogP contribution is 2.33. The number of carbonyl (C=O) groups is 1. The summed E-state index contributed by atoms with van der Waals surface area (Å²) in [6.45, 7) is 17.4. The van der Waals surface area contributed by atoms with Gasteiger partial charge in [0, 0.05) is 30.3 Å². The molecule has 43 heavy (non-hydrogen) atoms. The minimum absolute atomic E-state index is 0.0130. The SMILES string of the molecule is CC.COc1cc(C(=O)N2CCC(N3CC(F)(F)C3)CC2)ccc1C(C)C.Cc1noc(C)c1-c1ccc(C(C)C)cc1. The summed E-state index contributed by atoms with van der Waals surface area (Å²) in [5, 5.41) is 3.98. The summed E-state index contributed by atoms with van der Waals surface area (Å²) in [6, 6.07) is 14.4. The lowest BCUT2D eigenvalue weighted by molar-refractivity contribution is -0.150. The Morgan fingerprint density at radius 3 is 2.05 bits per heavy atom. The molecule has 2 saturated heterocycles. The Labute approximate surface area is 256 Å². The van der Waals surface area contributed by atoms with E-state index >= 15 is 0 Å². The number of benzene rings is 2. The van der Waals surface area contributed by atoms with Crippen LogP contribution in [0.15, 0.2) is 47.0 Å². The van der Waals surface area contributed by atoms with Gasteiger partial charge in [0.15, 0.2) is 0 Å². The predicted octanol–water partition coefficient (Wildman–Crippen LogP) is 8.48. The van der Waals surface area contributed by atoms with E-state index in [2.05, 4.69) is 57.1 Å². The van der Waals surface area contributed by atoms with Crippen molar-refractivity contribution >= 4 is 5.91 Å². The standard InChI is InChI=1S/C19H26F2N2O2.C14H17NO.C2H6/c1-13(2)16-5-4-14(10-17(16)25-3)18(24)22-8-6-15(7-9-22)23-11-19(20,21)12-23;1-9(2)12-5-7-13(8-6-12)14-10(3)15-16-11(14)4;1-2/h4-5,10,13,15H,6-9,11-12H2,1-3H3;5-9H,1-4H3;1-2H3. The van der Waals surface area contributed by atoms with Crippen LogP contribution in [0.4, 0.5) is 8.78 Å². The fourth-order valence-corrected chi connectivity index (χ4v) is 5.67. The van der Waals surface area contributed by atoms with Gasteiger partial charge >= 0.3 is 0 Å². The molecule has 0 N–H and O–H groups in total. The largest absolute Gasteiger partial charge is 0.496 e. The van der Waals surface area contributed by atoms with Gasteiger partial charge in [0.05, 0.1) is 25.9 Å². The Kier molecular flexibility index (Phi) is 11.9. The molecule has 236 valence electrons. The second kappa shape index (κ2) is 15.0. The topological polar surface area (TPSA) is 58.8 Å². The zero-order valence-electron chi connectivity index (χ0n) is 27.3. The monoisotopic (exact) mass is 597 g/mol. The van der Waals surface area contributed by atoms with Gasteiger partial charge in [-0.3, -0.25) is 9.69 Å². The van der Waals surface area contributed by atoms with Crippen molar-refractivity contribution in [3.05, 3.63) is 70.6 Å². The first-order valence-corrected chi connectivity index (χ1v) is 15.5. The van der Waals surface area contributed by atoms with Crippen LogP contribution in [0.2, 0.25) is 0 Å². The number of likely N-dealkylation sites (tertiary alicyclic amines) is 2. The predicted molar refractivity (Wildman–Crippen MR) is 169 cm³/mol. The van der Waals surface area contributed by atoms with Gasteiger partial charge in [-0.25, -0.2) is 8.78 Å². The smallest absolute Gasteiger partial charge is 0.272 e. The number of aromatic nitrogens is 1. The lowest BCUT2D eigenvalue weighted by atomic mass is 9.97. The molecule has 3 aromatic rings. The van der Waals surface area contributed by atoms with Gasteiger partial charge in [-0.1, -0.05) is 77.0 Å². The summed E-state index contributed by atoms with van der Waals surface area (Å²) in [5.41, 5.74) is 6.31. The molecular weight excluding hydrogens is 548 g/mol. The number of rotatable bonds is 6.